The fraction of sp³-hybridized carbons (Fsp3) is 0. The quantitative estimate of drug-likeness (QED) is 0.557. The number of hydrogen-bond donors (Lipinski definition) is 0. The Morgan fingerprint density at radius 3 is 2.11 bits per heavy atom. The van der Waals surface area contributed by atoms with Gasteiger partial charge in [-0.2, -0.15) is 0 Å². The SMILES string of the molecule is [Li+].[O-]c1c(-c2ccccc2)ccc2ccccc12. The van der Waals surface area contributed by atoms with Gasteiger partial charge in [0.25, 0.3) is 0 Å². The minimum atomic E-state index is 0. The van der Waals surface area contributed by atoms with Gasteiger partial charge in [0.05, 0.1) is 0 Å². The third-order valence-corrected chi connectivity index (χ3v) is 2.96. The zero-order valence-corrected chi connectivity index (χ0v) is 10.3. The molecule has 0 aromatic heterocycles. The molecule has 18 heavy (non-hydrogen) atoms. The van der Waals surface area contributed by atoms with Crippen LogP contribution in [-0.2, 0) is 0 Å². The normalized spacial score (nSPS) is 10.0. The van der Waals surface area contributed by atoms with Gasteiger partial charge in [0.15, 0.2) is 0 Å². The average Bonchev–Trinajstić information content (AvgIpc) is 2.40. The largest absolute Gasteiger partial charge is 1.00 e. The molecule has 0 unspecified atom stereocenters. The molecule has 0 aliphatic heterocycles. The molecule has 3 aromatic rings. The Labute approximate surface area is 118 Å². The van der Waals surface area contributed by atoms with Gasteiger partial charge in [-0.05, 0) is 21.9 Å². The van der Waals surface area contributed by atoms with Crippen LogP contribution in [0.1, 0.15) is 0 Å². The second-order valence-electron chi connectivity index (χ2n) is 4.03. The summed E-state index contributed by atoms with van der Waals surface area (Å²) in [5.41, 5.74) is 1.74. The second kappa shape index (κ2) is 5.31. The van der Waals surface area contributed by atoms with Crippen molar-refractivity contribution in [3.63, 3.8) is 0 Å². The maximum Gasteiger partial charge on any atom is 1.00 e. The molecule has 1 nitrogen and oxygen atoms in total. The van der Waals surface area contributed by atoms with Crippen molar-refractivity contribution in [2.45, 2.75) is 0 Å². The molecule has 0 N–H and O–H groups in total. The van der Waals surface area contributed by atoms with Gasteiger partial charge in [-0.1, -0.05) is 72.5 Å². The summed E-state index contributed by atoms with van der Waals surface area (Å²) in [4.78, 5) is 0. The maximum absolute atomic E-state index is 12.3. The molecule has 0 aliphatic carbocycles. The zero-order valence-electron chi connectivity index (χ0n) is 10.3. The van der Waals surface area contributed by atoms with Crippen molar-refractivity contribution in [2.75, 3.05) is 0 Å². The molecule has 0 radical (unpaired) electrons. The first-order valence-electron chi connectivity index (χ1n) is 5.60. The van der Waals surface area contributed by atoms with E-state index in [0.29, 0.717) is 0 Å². The molecule has 3 aromatic carbocycles. The molecular formula is C16H11LiO. The van der Waals surface area contributed by atoms with Crippen molar-refractivity contribution in [3.05, 3.63) is 66.7 Å². The Hall–Kier alpha value is -1.68. The van der Waals surface area contributed by atoms with E-state index in [1.807, 2.05) is 66.7 Å². The van der Waals surface area contributed by atoms with Crippen molar-refractivity contribution in [3.8, 4) is 16.9 Å². The van der Waals surface area contributed by atoms with E-state index in [2.05, 4.69) is 0 Å². The summed E-state index contributed by atoms with van der Waals surface area (Å²) in [6, 6.07) is 21.4. The average molecular weight is 226 g/mol. The fourth-order valence-corrected chi connectivity index (χ4v) is 2.09. The topological polar surface area (TPSA) is 23.1 Å². The molecule has 0 atom stereocenters. The smallest absolute Gasteiger partial charge is 0.872 e. The van der Waals surface area contributed by atoms with E-state index in [1.165, 1.54) is 0 Å². The van der Waals surface area contributed by atoms with E-state index < -0.39 is 0 Å². The van der Waals surface area contributed by atoms with Crippen LogP contribution < -0.4 is 24.0 Å². The molecule has 2 heteroatoms. The number of rotatable bonds is 1. The minimum absolute atomic E-state index is 0. The van der Waals surface area contributed by atoms with E-state index in [1.54, 1.807) is 0 Å². The summed E-state index contributed by atoms with van der Waals surface area (Å²) in [5, 5.41) is 14.1. The Morgan fingerprint density at radius 2 is 1.33 bits per heavy atom. The summed E-state index contributed by atoms with van der Waals surface area (Å²) >= 11 is 0. The summed E-state index contributed by atoms with van der Waals surface area (Å²) in [6.45, 7) is 0. The predicted octanol–water partition coefficient (Wildman–Crippen LogP) is 0.584. The van der Waals surface area contributed by atoms with Crippen LogP contribution in [0.5, 0.6) is 5.75 Å². The van der Waals surface area contributed by atoms with Crippen molar-refractivity contribution in [1.82, 2.24) is 0 Å². The molecule has 0 spiro atoms. The molecule has 0 saturated heterocycles. The van der Waals surface area contributed by atoms with Crippen LogP contribution in [0.25, 0.3) is 21.9 Å². The fourth-order valence-electron chi connectivity index (χ4n) is 2.09. The molecule has 82 valence electrons. The van der Waals surface area contributed by atoms with Crippen molar-refractivity contribution >= 4 is 10.8 Å². The summed E-state index contributed by atoms with van der Waals surface area (Å²) < 4.78 is 0. The van der Waals surface area contributed by atoms with Crippen molar-refractivity contribution < 1.29 is 24.0 Å². The first-order valence-corrected chi connectivity index (χ1v) is 5.60. The van der Waals surface area contributed by atoms with Gasteiger partial charge in [-0.3, -0.25) is 0 Å². The first-order chi connectivity index (χ1) is 8.36. The van der Waals surface area contributed by atoms with Gasteiger partial charge in [0.2, 0.25) is 0 Å². The van der Waals surface area contributed by atoms with E-state index in [9.17, 15) is 5.11 Å². The summed E-state index contributed by atoms with van der Waals surface area (Å²) in [5.74, 6) is 0.106. The Balaban J connectivity index is 0.00000120. The van der Waals surface area contributed by atoms with Crippen LogP contribution in [-0.4, -0.2) is 0 Å². The third-order valence-electron chi connectivity index (χ3n) is 2.96. The molecule has 0 aliphatic rings. The number of benzene rings is 3. The van der Waals surface area contributed by atoms with Crippen LogP contribution in [0, 0.1) is 0 Å². The first kappa shape index (κ1) is 12.8. The Kier molecular flexibility index (Phi) is 3.77. The number of hydrogen-bond acceptors (Lipinski definition) is 1. The molecule has 3 rings (SSSR count). The van der Waals surface area contributed by atoms with Gasteiger partial charge in [-0.25, -0.2) is 0 Å². The minimum Gasteiger partial charge on any atom is -0.872 e. The Morgan fingerprint density at radius 1 is 0.667 bits per heavy atom. The summed E-state index contributed by atoms with van der Waals surface area (Å²) in [6.07, 6.45) is 0. The van der Waals surface area contributed by atoms with E-state index in [0.717, 1.165) is 21.9 Å². The van der Waals surface area contributed by atoms with Gasteiger partial charge < -0.3 is 5.11 Å². The van der Waals surface area contributed by atoms with E-state index in [-0.39, 0.29) is 24.6 Å². The number of fused-ring (bicyclic) bond motifs is 1. The van der Waals surface area contributed by atoms with Crippen molar-refractivity contribution in [2.24, 2.45) is 0 Å². The second-order valence-corrected chi connectivity index (χ2v) is 4.03. The van der Waals surface area contributed by atoms with Crippen LogP contribution in [0.15, 0.2) is 66.7 Å². The Bertz CT molecular complexity index is 662. The zero-order chi connectivity index (χ0) is 11.7. The third kappa shape index (κ3) is 2.16. The molecule has 0 fully saturated rings. The van der Waals surface area contributed by atoms with Crippen LogP contribution >= 0.6 is 0 Å². The van der Waals surface area contributed by atoms with Gasteiger partial charge in [-0.15, -0.1) is 0 Å². The van der Waals surface area contributed by atoms with Gasteiger partial charge in [0, 0.05) is 0 Å². The molecule has 0 bridgehead atoms. The monoisotopic (exact) mass is 226 g/mol. The standard InChI is InChI=1S/C16H12O.Li/c17-16-14-9-5-4-8-13(14)10-11-15(16)12-6-2-1-3-7-12;/h1-11,17H;/q;+1/p-1. The van der Waals surface area contributed by atoms with E-state index >= 15 is 0 Å². The molecule has 0 saturated carbocycles. The van der Waals surface area contributed by atoms with Crippen molar-refractivity contribution in [1.29, 1.82) is 0 Å². The van der Waals surface area contributed by atoms with Crippen LogP contribution in [0.3, 0.4) is 0 Å². The molecular weight excluding hydrogens is 215 g/mol. The van der Waals surface area contributed by atoms with Gasteiger partial charge in [0.1, 0.15) is 0 Å². The van der Waals surface area contributed by atoms with Crippen LogP contribution in [0.4, 0.5) is 0 Å². The molecule has 0 amide bonds. The maximum atomic E-state index is 12.3. The van der Waals surface area contributed by atoms with Crippen LogP contribution in [0.2, 0.25) is 0 Å². The van der Waals surface area contributed by atoms with Gasteiger partial charge >= 0.3 is 18.9 Å². The van der Waals surface area contributed by atoms with E-state index in [4.69, 9.17) is 0 Å². The summed E-state index contributed by atoms with van der Waals surface area (Å²) in [7, 11) is 0. The predicted molar refractivity (Wildman–Crippen MR) is 68.8 cm³/mol. The molecule has 0 heterocycles.